The molecule has 0 spiro atoms. The normalized spacial score (nSPS) is 11.6. The van der Waals surface area contributed by atoms with Gasteiger partial charge in [-0.2, -0.15) is 4.31 Å². The van der Waals surface area contributed by atoms with Gasteiger partial charge in [0.05, 0.1) is 19.0 Å². The molecule has 9 nitrogen and oxygen atoms in total. The Kier molecular flexibility index (Phi) is 5.40. The minimum absolute atomic E-state index is 0.209. The predicted octanol–water partition coefficient (Wildman–Crippen LogP) is -0.652. The zero-order chi connectivity index (χ0) is 16.9. The van der Waals surface area contributed by atoms with Crippen molar-refractivity contribution in [2.75, 3.05) is 26.4 Å². The van der Waals surface area contributed by atoms with Crippen molar-refractivity contribution in [3.05, 3.63) is 31.0 Å². The molecule has 0 aliphatic rings. The van der Waals surface area contributed by atoms with E-state index >= 15 is 0 Å². The number of hydrogen-bond donors (Lipinski definition) is 1. The van der Waals surface area contributed by atoms with Gasteiger partial charge in [0, 0.05) is 44.9 Å². The van der Waals surface area contributed by atoms with Gasteiger partial charge in [-0.05, 0) is 0 Å². The highest BCUT2D eigenvalue weighted by molar-refractivity contribution is 7.88. The lowest BCUT2D eigenvalue weighted by Crippen LogP contribution is -2.38. The molecule has 1 amide bonds. The minimum Gasteiger partial charge on any atom is -0.353 e. The van der Waals surface area contributed by atoms with Crippen LogP contribution in [0.25, 0.3) is 11.5 Å². The Morgan fingerprint density at radius 2 is 2.09 bits per heavy atom. The van der Waals surface area contributed by atoms with E-state index < -0.39 is 10.0 Å². The van der Waals surface area contributed by atoms with Gasteiger partial charge in [0.15, 0.2) is 5.82 Å². The largest absolute Gasteiger partial charge is 0.353 e. The lowest BCUT2D eigenvalue weighted by molar-refractivity contribution is -0.121. The van der Waals surface area contributed by atoms with Crippen LogP contribution < -0.4 is 5.32 Å². The fraction of sp³-hybridized carbons (Fsp3) is 0.385. The number of hydrogen-bond acceptors (Lipinski definition) is 6. The fourth-order valence-electron chi connectivity index (χ4n) is 1.83. The molecule has 1 N–H and O–H groups in total. The number of nitrogens with one attached hydrogen (secondary N) is 1. The highest BCUT2D eigenvalue weighted by atomic mass is 32.2. The summed E-state index contributed by atoms with van der Waals surface area (Å²) in [7, 11) is -2.01. The number of imidazole rings is 1. The smallest absolute Gasteiger partial charge is 0.235 e. The zero-order valence-electron chi connectivity index (χ0n) is 12.9. The number of aromatic nitrogens is 4. The maximum atomic E-state index is 11.7. The van der Waals surface area contributed by atoms with Crippen molar-refractivity contribution >= 4 is 15.9 Å². The molecule has 0 saturated carbocycles. The summed E-state index contributed by atoms with van der Waals surface area (Å²) in [5.41, 5.74) is 0.639. The van der Waals surface area contributed by atoms with Crippen LogP contribution in [0.2, 0.25) is 0 Å². The van der Waals surface area contributed by atoms with Gasteiger partial charge in [-0.3, -0.25) is 9.78 Å². The van der Waals surface area contributed by atoms with Gasteiger partial charge in [0.2, 0.25) is 15.9 Å². The third-order valence-corrected chi connectivity index (χ3v) is 4.38. The minimum atomic E-state index is -3.37. The maximum Gasteiger partial charge on any atom is 0.235 e. The van der Waals surface area contributed by atoms with Crippen LogP contribution in [-0.4, -0.2) is 64.5 Å². The summed E-state index contributed by atoms with van der Waals surface area (Å²) in [5.74, 6) is 0.291. The molecule has 23 heavy (non-hydrogen) atoms. The number of nitrogens with zero attached hydrogens (tertiary/aromatic N) is 5. The SMILES string of the molecule is CN(CC(=O)NCCn1ccnc1-c1cnccn1)S(C)(=O)=O. The molecule has 0 radical (unpaired) electrons. The van der Waals surface area contributed by atoms with E-state index in [-0.39, 0.29) is 12.5 Å². The molecule has 2 aromatic heterocycles. The maximum absolute atomic E-state index is 11.7. The lowest BCUT2D eigenvalue weighted by atomic mass is 10.4. The molecule has 0 bridgehead atoms. The highest BCUT2D eigenvalue weighted by Gasteiger charge is 2.14. The average Bonchev–Trinajstić information content (AvgIpc) is 2.95. The van der Waals surface area contributed by atoms with Crippen LogP contribution in [0.15, 0.2) is 31.0 Å². The second-order valence-corrected chi connectivity index (χ2v) is 6.99. The van der Waals surface area contributed by atoms with E-state index in [1.54, 1.807) is 31.0 Å². The molecule has 0 unspecified atom stereocenters. The topological polar surface area (TPSA) is 110 Å². The number of carbonyl (C=O) groups is 1. The van der Waals surface area contributed by atoms with Crippen molar-refractivity contribution in [2.24, 2.45) is 0 Å². The quantitative estimate of drug-likeness (QED) is 0.718. The molecule has 0 aromatic carbocycles. The summed E-state index contributed by atoms with van der Waals surface area (Å²) < 4.78 is 25.3. The lowest BCUT2D eigenvalue weighted by Gasteiger charge is -2.14. The van der Waals surface area contributed by atoms with Crippen LogP contribution >= 0.6 is 0 Å². The van der Waals surface area contributed by atoms with Crippen molar-refractivity contribution in [3.63, 3.8) is 0 Å². The number of carbonyl (C=O) groups excluding carboxylic acids is 1. The second kappa shape index (κ2) is 7.29. The van der Waals surface area contributed by atoms with Crippen molar-refractivity contribution in [1.82, 2.24) is 29.1 Å². The molecular formula is C13H18N6O3S. The van der Waals surface area contributed by atoms with Crippen LogP contribution in [0.4, 0.5) is 0 Å². The van der Waals surface area contributed by atoms with E-state index in [9.17, 15) is 13.2 Å². The van der Waals surface area contributed by atoms with Crippen molar-refractivity contribution in [1.29, 1.82) is 0 Å². The fourth-order valence-corrected chi connectivity index (χ4v) is 2.18. The Morgan fingerprint density at radius 3 is 2.74 bits per heavy atom. The molecular weight excluding hydrogens is 320 g/mol. The molecule has 2 aromatic rings. The van der Waals surface area contributed by atoms with Crippen LogP contribution in [0.1, 0.15) is 0 Å². The summed E-state index contributed by atoms with van der Waals surface area (Å²) in [6, 6.07) is 0. The Bertz CT molecular complexity index is 759. The van der Waals surface area contributed by atoms with Crippen molar-refractivity contribution < 1.29 is 13.2 Å². The van der Waals surface area contributed by atoms with Crippen molar-refractivity contribution in [2.45, 2.75) is 6.54 Å². The zero-order valence-corrected chi connectivity index (χ0v) is 13.7. The van der Waals surface area contributed by atoms with Gasteiger partial charge < -0.3 is 9.88 Å². The van der Waals surface area contributed by atoms with Crippen LogP contribution in [0, 0.1) is 0 Å². The van der Waals surface area contributed by atoms with Crippen molar-refractivity contribution in [3.8, 4) is 11.5 Å². The van der Waals surface area contributed by atoms with Crippen LogP contribution in [0.3, 0.4) is 0 Å². The summed E-state index contributed by atoms with van der Waals surface area (Å²) >= 11 is 0. The second-order valence-electron chi connectivity index (χ2n) is 4.90. The average molecular weight is 338 g/mol. The molecule has 0 aliphatic carbocycles. The van der Waals surface area contributed by atoms with Gasteiger partial charge in [-0.1, -0.05) is 0 Å². The molecule has 0 saturated heterocycles. The number of likely N-dealkylation sites (N-methyl/N-ethyl adjacent to an activating group) is 1. The molecule has 0 atom stereocenters. The number of sulfonamides is 1. The summed E-state index contributed by atoms with van der Waals surface area (Å²) in [6.07, 6.45) is 9.24. The van der Waals surface area contributed by atoms with E-state index in [4.69, 9.17) is 0 Å². The standard InChI is InChI=1S/C13H18N6O3S/c1-18(23(2,21)22)10-12(20)16-5-7-19-8-6-17-13(19)11-9-14-3-4-15-11/h3-4,6,8-9H,5,7,10H2,1-2H3,(H,16,20). The van der Waals surface area contributed by atoms with E-state index in [0.717, 1.165) is 10.6 Å². The Labute approximate surface area is 134 Å². The molecule has 2 rings (SSSR count). The van der Waals surface area contributed by atoms with Crippen LogP contribution in [-0.2, 0) is 21.4 Å². The third-order valence-electron chi connectivity index (χ3n) is 3.12. The van der Waals surface area contributed by atoms with E-state index in [1.807, 2.05) is 4.57 Å². The first-order valence-corrected chi connectivity index (χ1v) is 8.68. The third kappa shape index (κ3) is 4.83. The first-order valence-electron chi connectivity index (χ1n) is 6.83. The monoisotopic (exact) mass is 338 g/mol. The highest BCUT2D eigenvalue weighted by Crippen LogP contribution is 2.12. The van der Waals surface area contributed by atoms with Crippen LogP contribution in [0.5, 0.6) is 0 Å². The first kappa shape index (κ1) is 17.0. The van der Waals surface area contributed by atoms with Gasteiger partial charge in [-0.25, -0.2) is 18.4 Å². The Hall–Kier alpha value is -2.33. The summed E-state index contributed by atoms with van der Waals surface area (Å²) in [6.45, 7) is 0.625. The number of rotatable bonds is 7. The number of amides is 1. The van der Waals surface area contributed by atoms with E-state index in [2.05, 4.69) is 20.3 Å². The Balaban J connectivity index is 1.88. The predicted molar refractivity (Wildman–Crippen MR) is 83.7 cm³/mol. The van der Waals surface area contributed by atoms with Gasteiger partial charge in [0.25, 0.3) is 0 Å². The molecule has 124 valence electrons. The first-order chi connectivity index (χ1) is 10.9. The van der Waals surface area contributed by atoms with Gasteiger partial charge in [-0.15, -0.1) is 0 Å². The molecule has 10 heteroatoms. The van der Waals surface area contributed by atoms with E-state index in [0.29, 0.717) is 24.6 Å². The molecule has 0 aliphatic heterocycles. The molecule has 0 fully saturated rings. The Morgan fingerprint density at radius 1 is 1.30 bits per heavy atom. The van der Waals surface area contributed by atoms with Gasteiger partial charge >= 0.3 is 0 Å². The van der Waals surface area contributed by atoms with E-state index in [1.165, 1.54) is 7.05 Å². The summed E-state index contributed by atoms with van der Waals surface area (Å²) in [4.78, 5) is 24.1. The molecule has 2 heterocycles. The van der Waals surface area contributed by atoms with Gasteiger partial charge in [0.1, 0.15) is 5.69 Å². The summed E-state index contributed by atoms with van der Waals surface area (Å²) in [5, 5.41) is 2.67.